The molecule has 0 saturated carbocycles. The summed E-state index contributed by atoms with van der Waals surface area (Å²) in [7, 11) is 0. The van der Waals surface area contributed by atoms with Crippen molar-refractivity contribution in [2.24, 2.45) is 9.98 Å². The van der Waals surface area contributed by atoms with E-state index in [1.807, 2.05) is 30.3 Å². The smallest absolute Gasteiger partial charge is 0.317 e. The molecule has 85 valence electrons. The maximum atomic E-state index is 5.08. The van der Waals surface area contributed by atoms with Crippen molar-refractivity contribution in [1.82, 2.24) is 0 Å². The minimum atomic E-state index is 0. The number of benzene rings is 1. The van der Waals surface area contributed by atoms with Crippen LogP contribution in [0, 0.1) is 0 Å². The van der Waals surface area contributed by atoms with E-state index in [9.17, 15) is 0 Å². The van der Waals surface area contributed by atoms with Crippen LogP contribution in [0.1, 0.15) is 0 Å². The van der Waals surface area contributed by atoms with Crippen molar-refractivity contribution >= 4 is 41.7 Å². The summed E-state index contributed by atoms with van der Waals surface area (Å²) < 4.78 is 8.28. The molecule has 0 aliphatic carbocycles. The van der Waals surface area contributed by atoms with E-state index in [0.717, 1.165) is 5.69 Å². The fourth-order valence-corrected chi connectivity index (χ4v) is 0.939. The van der Waals surface area contributed by atoms with Crippen molar-refractivity contribution in [2.45, 2.75) is 0 Å². The van der Waals surface area contributed by atoms with Gasteiger partial charge in [0.05, 0.1) is 29.4 Å². The number of hydrogen-bond acceptors (Lipinski definition) is 3. The molecule has 0 N–H and O–H groups in total. The first kappa shape index (κ1) is 15.5. The van der Waals surface area contributed by atoms with Crippen LogP contribution in [0.2, 0.25) is 0 Å². The normalized spacial score (nSPS) is 14.8. The summed E-state index contributed by atoms with van der Waals surface area (Å²) in [4.78, 5) is 8.09. The summed E-state index contributed by atoms with van der Waals surface area (Å²) in [5.41, 5.74) is 0.867. The number of amidine groups is 1. The molecule has 0 fully saturated rings. The molecule has 1 aromatic rings. The third kappa shape index (κ3) is 6.15. The molecule has 1 aromatic carbocycles. The van der Waals surface area contributed by atoms with Gasteiger partial charge in [0.1, 0.15) is 6.61 Å². The zero-order chi connectivity index (χ0) is 10.9. The zero-order valence-corrected chi connectivity index (χ0v) is 11.0. The molecule has 0 atom stereocenters. The number of para-hydroxylation sites is 1. The van der Waals surface area contributed by atoms with E-state index in [2.05, 4.69) is 37.6 Å². The van der Waals surface area contributed by atoms with Crippen LogP contribution in [-0.2, 0) is 27.1 Å². The summed E-state index contributed by atoms with van der Waals surface area (Å²) in [6.07, 6.45) is 1.70. The molecule has 0 saturated heterocycles. The first-order chi connectivity index (χ1) is 7.36. The molecule has 1 aliphatic heterocycles. The molecule has 1 heterocycles. The first-order valence-corrected chi connectivity index (χ1v) is 4.67. The molecule has 0 aromatic heterocycles. The first-order valence-electron chi connectivity index (χ1n) is 4.05. The van der Waals surface area contributed by atoms with Gasteiger partial charge in [-0.15, -0.1) is 0 Å². The molecule has 7 heteroatoms. The number of ether oxygens (including phenoxy) is 1. The van der Waals surface area contributed by atoms with Gasteiger partial charge in [0, 0.05) is 24.8 Å². The Kier molecular flexibility index (Phi) is 9.38. The number of halogens is 2. The van der Waals surface area contributed by atoms with Crippen molar-refractivity contribution in [3.05, 3.63) is 30.3 Å². The third-order valence-electron chi connectivity index (χ3n) is 1.47. The molecule has 16 heavy (non-hydrogen) atoms. The van der Waals surface area contributed by atoms with Crippen LogP contribution in [-0.4, -0.2) is 18.8 Å². The zero-order valence-electron chi connectivity index (χ0n) is 8.09. The molecule has 1 aliphatic rings. The van der Waals surface area contributed by atoms with Gasteiger partial charge in [-0.25, -0.2) is 4.99 Å². The van der Waals surface area contributed by atoms with Crippen LogP contribution in [0.25, 0.3) is 0 Å². The fraction of sp³-hybridized carbons (Fsp3) is 0.111. The van der Waals surface area contributed by atoms with Gasteiger partial charge in [0.15, 0.2) is 0 Å². The second kappa shape index (κ2) is 9.69. The number of hydrogen-bond donors (Lipinski definition) is 0. The number of aliphatic imine (C=N–C) groups is 2. The molecule has 0 unspecified atom stereocenters. The van der Waals surface area contributed by atoms with Crippen molar-refractivity contribution in [3.8, 4) is 0 Å². The number of nitrogens with zero attached hydrogens (tertiary/aromatic N) is 2. The standard InChI is InChI=1S/C9H8N2O.Cl2O.V/c1-2-4-8(5-3-1)11-9-10-6-7-12-9;1-3-2;/h1-6H,7H2;;. The molecule has 0 spiro atoms. The second-order valence-corrected chi connectivity index (χ2v) is 2.88. The van der Waals surface area contributed by atoms with Gasteiger partial charge in [-0.3, -0.25) is 0 Å². The summed E-state index contributed by atoms with van der Waals surface area (Å²) in [6.45, 7) is 0.533. The molecule has 2 rings (SSSR count). The third-order valence-corrected chi connectivity index (χ3v) is 1.47. The predicted molar refractivity (Wildman–Crippen MR) is 60.8 cm³/mol. The van der Waals surface area contributed by atoms with E-state index in [1.54, 1.807) is 6.21 Å². The molecular formula is C9H8Cl2N2O2V. The maximum absolute atomic E-state index is 5.08. The van der Waals surface area contributed by atoms with Crippen LogP contribution in [0.3, 0.4) is 0 Å². The molecular weight excluding hydrogens is 290 g/mol. The molecule has 0 bridgehead atoms. The van der Waals surface area contributed by atoms with E-state index < -0.39 is 0 Å². The Hall–Kier alpha value is -0.516. The summed E-state index contributed by atoms with van der Waals surface area (Å²) in [5, 5.41) is 0. The van der Waals surface area contributed by atoms with Gasteiger partial charge in [-0.1, -0.05) is 18.2 Å². The molecule has 4 nitrogen and oxygen atoms in total. The summed E-state index contributed by atoms with van der Waals surface area (Å²) in [6, 6.07) is 10.1. The quantitative estimate of drug-likeness (QED) is 0.799. The number of rotatable bonds is 1. The average molecular weight is 298 g/mol. The van der Waals surface area contributed by atoms with Crippen molar-refractivity contribution in [1.29, 1.82) is 0 Å². The van der Waals surface area contributed by atoms with Crippen molar-refractivity contribution < 1.29 is 27.1 Å². The topological polar surface area (TPSA) is 43.2 Å². The average Bonchev–Trinajstić information content (AvgIpc) is 2.73. The minimum absolute atomic E-state index is 0. The summed E-state index contributed by atoms with van der Waals surface area (Å²) >= 11 is 8.53. The van der Waals surface area contributed by atoms with Gasteiger partial charge < -0.3 is 4.74 Å². The Morgan fingerprint density at radius 3 is 2.38 bits per heavy atom. The Balaban J connectivity index is 0.000000511. The van der Waals surface area contributed by atoms with Gasteiger partial charge >= 0.3 is 6.02 Å². The Bertz CT molecular complexity index is 347. The van der Waals surface area contributed by atoms with Crippen LogP contribution in [0.15, 0.2) is 40.3 Å². The van der Waals surface area contributed by atoms with E-state index in [0.29, 0.717) is 12.6 Å². The maximum Gasteiger partial charge on any atom is 0.317 e. The van der Waals surface area contributed by atoms with Gasteiger partial charge in [-0.2, -0.15) is 8.83 Å². The van der Waals surface area contributed by atoms with E-state index in [-0.39, 0.29) is 18.6 Å². The Morgan fingerprint density at radius 2 is 1.88 bits per heavy atom. The van der Waals surface area contributed by atoms with Crippen LogP contribution in [0.4, 0.5) is 5.69 Å². The van der Waals surface area contributed by atoms with E-state index in [1.165, 1.54) is 0 Å². The van der Waals surface area contributed by atoms with Gasteiger partial charge in [-0.05, 0) is 12.1 Å². The predicted octanol–water partition coefficient (Wildman–Crippen LogP) is 3.08. The van der Waals surface area contributed by atoms with Crippen molar-refractivity contribution in [3.63, 3.8) is 0 Å². The molecule has 1 radical (unpaired) electrons. The monoisotopic (exact) mass is 297 g/mol. The minimum Gasteiger partial charge on any atom is -0.458 e. The SMILES string of the molecule is C1=NC(=Nc2ccccc2)OC1.ClOCl.[V]. The Morgan fingerprint density at radius 1 is 1.25 bits per heavy atom. The van der Waals surface area contributed by atoms with E-state index in [4.69, 9.17) is 4.74 Å². The van der Waals surface area contributed by atoms with Gasteiger partial charge in [0.25, 0.3) is 0 Å². The Labute approximate surface area is 116 Å². The largest absolute Gasteiger partial charge is 0.458 e. The van der Waals surface area contributed by atoms with Crippen LogP contribution in [0.5, 0.6) is 0 Å². The van der Waals surface area contributed by atoms with Crippen molar-refractivity contribution in [2.75, 3.05) is 6.61 Å². The summed E-state index contributed by atoms with van der Waals surface area (Å²) in [5.74, 6) is 0. The fourth-order valence-electron chi connectivity index (χ4n) is 0.939. The van der Waals surface area contributed by atoms with Crippen LogP contribution < -0.4 is 0 Å². The van der Waals surface area contributed by atoms with Crippen LogP contribution >= 0.6 is 23.7 Å². The molecule has 0 amide bonds. The van der Waals surface area contributed by atoms with Gasteiger partial charge in [0.2, 0.25) is 0 Å². The second-order valence-electron chi connectivity index (χ2n) is 2.41. The van der Waals surface area contributed by atoms with E-state index >= 15 is 0 Å².